The Morgan fingerprint density at radius 2 is 1.51 bits per heavy atom. The van der Waals surface area contributed by atoms with Crippen LogP contribution in [0.15, 0.2) is 48.5 Å². The molecule has 448 valence electrons. The summed E-state index contributed by atoms with van der Waals surface area (Å²) in [6.45, 7) is 14.4. The lowest BCUT2D eigenvalue weighted by Gasteiger charge is -2.41. The SMILES string of the molecule is CCC(C)C(C(CC(=O)N1CCC[C@H]1C(OC)C(C)C(=O)NC(C)C(O)c1ccccc1)OC)N(C)C(=O)C(NC(=O)C(C(C)C)N(C)C(=O)OCc1ccc(O[C@@H]2O[C@H](C(=O)O)[C@@H](O)[C@H](O)[C@H]2O)c(NC(=O)CCN)c1)C(C)C. The molecule has 4 rings (SSSR count). The number of likely N-dealkylation sites (N-methyl/N-ethyl adjacent to an activating group) is 2. The molecule has 0 aliphatic carbocycles. The standard InChI is InChI=1S/C56H87N7O17/c1-13-31(6)44(39(76-11)27-41(65)63-25-17-20-37(63)49(77-12)32(7)51(70)58-33(8)45(66)35-18-15-14-16-19-35)61(9)53(72)42(29(2)3)60-52(71)43(30(4)5)62(10)56(75)78-28-34-21-22-38(36(26-34)59-40(64)23-24-57)79-55-48(69)46(67)47(68)50(80-55)54(73)74/h14-16,18-19,21-22,26,29-33,37,39,42-50,55,66-69H,13,17,20,23-25,27-28,57H2,1-12H3,(H,58,70)(H,59,64)(H,60,71)(H,73,74)/t31?,32?,33?,37-,39?,42?,43?,44?,45?,46-,47-,48+,49?,50-,55+/m0/s1. The summed E-state index contributed by atoms with van der Waals surface area (Å²) in [6.07, 6.45) is -11.3. The number of ether oxygens (including phenoxy) is 5. The minimum atomic E-state index is -1.97. The zero-order valence-electron chi connectivity index (χ0n) is 48.1. The number of benzene rings is 2. The van der Waals surface area contributed by atoms with E-state index < -0.39 is 133 Å². The molecule has 0 bridgehead atoms. The maximum atomic E-state index is 14.7. The Morgan fingerprint density at radius 3 is 2.09 bits per heavy atom. The Bertz CT molecular complexity index is 2380. The fourth-order valence-corrected chi connectivity index (χ4v) is 10.4. The van der Waals surface area contributed by atoms with E-state index in [0.717, 1.165) is 4.90 Å². The average molecular weight is 1130 g/mol. The molecule has 80 heavy (non-hydrogen) atoms. The van der Waals surface area contributed by atoms with Crippen molar-refractivity contribution in [1.82, 2.24) is 25.3 Å². The van der Waals surface area contributed by atoms with Gasteiger partial charge in [-0.2, -0.15) is 0 Å². The molecule has 9 unspecified atom stereocenters. The van der Waals surface area contributed by atoms with Crippen molar-refractivity contribution in [2.75, 3.05) is 46.7 Å². The predicted octanol–water partition coefficient (Wildman–Crippen LogP) is 2.14. The summed E-state index contributed by atoms with van der Waals surface area (Å²) in [7, 11) is 5.97. The molecule has 6 amide bonds. The number of carboxylic acids is 1. The van der Waals surface area contributed by atoms with Gasteiger partial charge < -0.3 is 80.7 Å². The first-order valence-electron chi connectivity index (χ1n) is 27.3. The number of carboxylic acid groups (broad SMARTS) is 1. The maximum Gasteiger partial charge on any atom is 0.410 e. The lowest BCUT2D eigenvalue weighted by atomic mass is 9.89. The molecule has 2 heterocycles. The number of amides is 6. The van der Waals surface area contributed by atoms with Crippen LogP contribution in [0.2, 0.25) is 0 Å². The predicted molar refractivity (Wildman–Crippen MR) is 292 cm³/mol. The molecule has 2 aromatic carbocycles. The van der Waals surface area contributed by atoms with Crippen LogP contribution >= 0.6 is 0 Å². The second-order valence-electron chi connectivity index (χ2n) is 21.6. The summed E-state index contributed by atoms with van der Waals surface area (Å²) >= 11 is 0. The fourth-order valence-electron chi connectivity index (χ4n) is 10.4. The van der Waals surface area contributed by atoms with Gasteiger partial charge in [0.15, 0.2) is 6.10 Å². The number of anilines is 1. The third kappa shape index (κ3) is 16.8. The minimum absolute atomic E-state index is 0.0190. The largest absolute Gasteiger partial charge is 0.479 e. The van der Waals surface area contributed by atoms with Crippen LogP contribution in [0.3, 0.4) is 0 Å². The van der Waals surface area contributed by atoms with Crippen LogP contribution in [-0.2, 0) is 54.3 Å². The van der Waals surface area contributed by atoms with E-state index in [4.69, 9.17) is 29.4 Å². The lowest BCUT2D eigenvalue weighted by molar-refractivity contribution is -0.271. The smallest absolute Gasteiger partial charge is 0.410 e. The van der Waals surface area contributed by atoms with E-state index in [9.17, 15) is 59.1 Å². The second-order valence-corrected chi connectivity index (χ2v) is 21.6. The molecule has 0 radical (unpaired) electrons. The van der Waals surface area contributed by atoms with Gasteiger partial charge in [-0.15, -0.1) is 0 Å². The Labute approximate surface area is 468 Å². The van der Waals surface area contributed by atoms with Gasteiger partial charge in [0.1, 0.15) is 42.8 Å². The van der Waals surface area contributed by atoms with Crippen LogP contribution < -0.4 is 26.4 Å². The number of carbonyl (C=O) groups excluding carboxylic acids is 6. The van der Waals surface area contributed by atoms with Crippen LogP contribution in [-0.4, -0.2) is 196 Å². The quantitative estimate of drug-likeness (QED) is 0.0589. The molecule has 2 aromatic rings. The third-order valence-electron chi connectivity index (χ3n) is 15.2. The van der Waals surface area contributed by atoms with Crippen LogP contribution in [0.25, 0.3) is 0 Å². The number of aliphatic hydroxyl groups is 4. The number of rotatable bonds is 28. The van der Waals surface area contributed by atoms with Crippen molar-refractivity contribution in [3.63, 3.8) is 0 Å². The zero-order valence-corrected chi connectivity index (χ0v) is 48.1. The van der Waals surface area contributed by atoms with E-state index in [-0.39, 0.29) is 48.6 Å². The molecule has 24 heteroatoms. The van der Waals surface area contributed by atoms with Crippen molar-refractivity contribution in [3.8, 4) is 5.75 Å². The highest BCUT2D eigenvalue weighted by Gasteiger charge is 2.49. The van der Waals surface area contributed by atoms with Crippen molar-refractivity contribution in [2.45, 2.75) is 173 Å². The van der Waals surface area contributed by atoms with Gasteiger partial charge >= 0.3 is 12.1 Å². The summed E-state index contributed by atoms with van der Waals surface area (Å²) in [5.41, 5.74) is 6.50. The molecule has 2 aliphatic heterocycles. The Balaban J connectivity index is 1.47. The van der Waals surface area contributed by atoms with Gasteiger partial charge in [-0.05, 0) is 60.8 Å². The first-order valence-corrected chi connectivity index (χ1v) is 27.3. The molecular formula is C56H87N7O17. The Hall–Kier alpha value is -5.99. The number of methoxy groups -OCH3 is 2. The highest BCUT2D eigenvalue weighted by atomic mass is 16.7. The summed E-state index contributed by atoms with van der Waals surface area (Å²) in [4.78, 5) is 99.7. The molecule has 10 N–H and O–H groups in total. The van der Waals surface area contributed by atoms with Crippen molar-refractivity contribution >= 4 is 47.3 Å². The van der Waals surface area contributed by atoms with E-state index in [1.54, 1.807) is 65.6 Å². The first kappa shape index (κ1) is 66.5. The van der Waals surface area contributed by atoms with Crippen LogP contribution in [0.1, 0.15) is 105 Å². The van der Waals surface area contributed by atoms with Crippen molar-refractivity contribution in [1.29, 1.82) is 0 Å². The molecule has 2 saturated heterocycles. The van der Waals surface area contributed by atoms with E-state index in [0.29, 0.717) is 36.9 Å². The summed E-state index contributed by atoms with van der Waals surface area (Å²) in [5.74, 6) is -5.83. The molecule has 24 nitrogen and oxygen atoms in total. The van der Waals surface area contributed by atoms with Crippen LogP contribution in [0.5, 0.6) is 5.75 Å². The molecule has 15 atom stereocenters. The van der Waals surface area contributed by atoms with Gasteiger partial charge in [0.25, 0.3) is 0 Å². The van der Waals surface area contributed by atoms with Crippen molar-refractivity contribution in [3.05, 3.63) is 59.7 Å². The number of aliphatic carboxylic acids is 1. The van der Waals surface area contributed by atoms with E-state index >= 15 is 0 Å². The van der Waals surface area contributed by atoms with Gasteiger partial charge in [0.2, 0.25) is 35.8 Å². The average Bonchev–Trinajstić information content (AvgIpc) is 3.91. The Kier molecular flexibility index (Phi) is 25.5. The highest BCUT2D eigenvalue weighted by Crippen LogP contribution is 2.33. The lowest BCUT2D eigenvalue weighted by Crippen LogP contribution is -2.61. The van der Waals surface area contributed by atoms with Gasteiger partial charge in [-0.1, -0.05) is 91.3 Å². The normalized spacial score (nSPS) is 22.6. The Morgan fingerprint density at radius 1 is 0.850 bits per heavy atom. The topological polar surface area (TPSA) is 339 Å². The molecule has 0 aromatic heterocycles. The number of carbonyl (C=O) groups is 7. The molecule has 0 spiro atoms. The first-order chi connectivity index (χ1) is 37.7. The van der Waals surface area contributed by atoms with Crippen LogP contribution in [0.4, 0.5) is 10.5 Å². The number of hydrogen-bond donors (Lipinski definition) is 9. The number of nitrogens with zero attached hydrogens (tertiary/aromatic N) is 3. The third-order valence-corrected chi connectivity index (χ3v) is 15.2. The van der Waals surface area contributed by atoms with Gasteiger partial charge in [-0.25, -0.2) is 9.59 Å². The number of nitrogens with two attached hydrogens (primary N) is 1. The molecule has 2 aliphatic rings. The maximum absolute atomic E-state index is 14.7. The van der Waals surface area contributed by atoms with Gasteiger partial charge in [-0.3, -0.25) is 28.9 Å². The van der Waals surface area contributed by atoms with Crippen LogP contribution in [0, 0.1) is 23.7 Å². The monoisotopic (exact) mass is 1130 g/mol. The molecule has 0 saturated carbocycles. The van der Waals surface area contributed by atoms with E-state index in [1.165, 1.54) is 44.4 Å². The van der Waals surface area contributed by atoms with E-state index in [2.05, 4.69) is 16.0 Å². The highest BCUT2D eigenvalue weighted by molar-refractivity contribution is 5.93. The summed E-state index contributed by atoms with van der Waals surface area (Å²) < 4.78 is 28.6. The number of likely N-dealkylation sites (tertiary alicyclic amines) is 1. The zero-order chi connectivity index (χ0) is 59.9. The minimum Gasteiger partial charge on any atom is -0.479 e. The fraction of sp³-hybridized carbons (Fsp3) is 0.661. The summed E-state index contributed by atoms with van der Waals surface area (Å²) in [5, 5.41) is 59.8. The summed E-state index contributed by atoms with van der Waals surface area (Å²) in [6, 6.07) is 9.20. The van der Waals surface area contributed by atoms with Crippen molar-refractivity contribution < 1.29 is 82.8 Å². The second kappa shape index (κ2) is 30.7. The van der Waals surface area contributed by atoms with Crippen molar-refractivity contribution in [2.24, 2.45) is 29.4 Å². The van der Waals surface area contributed by atoms with E-state index in [1.807, 2.05) is 32.0 Å². The van der Waals surface area contributed by atoms with Gasteiger partial charge in [0, 0.05) is 47.8 Å². The number of aliphatic hydroxyl groups excluding tert-OH is 4. The number of nitrogens with one attached hydrogen (secondary N) is 3. The molecular weight excluding hydrogens is 1040 g/mol. The number of hydrogen-bond acceptors (Lipinski definition) is 17. The molecule has 2 fully saturated rings. The van der Waals surface area contributed by atoms with Gasteiger partial charge in [0.05, 0.1) is 54.5 Å².